The van der Waals surface area contributed by atoms with Crippen LogP contribution in [0.25, 0.3) is 0 Å². The molecule has 2 fully saturated rings. The molecule has 0 radical (unpaired) electrons. The summed E-state index contributed by atoms with van der Waals surface area (Å²) < 4.78 is 0. The molecule has 0 aliphatic heterocycles. The first-order chi connectivity index (χ1) is 7.66. The molecule has 3 aliphatic rings. The molecule has 3 rings (SSSR count). The molecule has 2 bridgehead atoms. The highest BCUT2D eigenvalue weighted by atomic mass is 16.4. The van der Waals surface area contributed by atoms with E-state index in [4.69, 9.17) is 0 Å². The van der Waals surface area contributed by atoms with Gasteiger partial charge in [-0.05, 0) is 31.1 Å². The van der Waals surface area contributed by atoms with Gasteiger partial charge in [0.25, 0.3) is 0 Å². The quantitative estimate of drug-likeness (QED) is 0.692. The molecule has 4 atom stereocenters. The summed E-state index contributed by atoms with van der Waals surface area (Å²) in [6.45, 7) is 0. The van der Waals surface area contributed by atoms with Crippen LogP contribution in [0.15, 0.2) is 12.2 Å². The van der Waals surface area contributed by atoms with Crippen molar-refractivity contribution in [3.05, 3.63) is 12.2 Å². The van der Waals surface area contributed by atoms with Crippen LogP contribution in [-0.2, 0) is 9.59 Å². The van der Waals surface area contributed by atoms with Gasteiger partial charge >= 0.3 is 5.97 Å². The number of carbonyl (C=O) groups excluding carboxylic acids is 1. The Hall–Kier alpha value is -1.32. The van der Waals surface area contributed by atoms with Crippen LogP contribution in [0.4, 0.5) is 0 Å². The molecule has 2 N–H and O–H groups in total. The summed E-state index contributed by atoms with van der Waals surface area (Å²) in [6.07, 6.45) is 6.89. The van der Waals surface area contributed by atoms with Crippen molar-refractivity contribution in [2.45, 2.75) is 25.3 Å². The predicted octanol–water partition coefficient (Wildman–Crippen LogP) is 0.788. The molecule has 0 aromatic heterocycles. The summed E-state index contributed by atoms with van der Waals surface area (Å²) >= 11 is 0. The molecular formula is C12H15NO3. The third-order valence-electron chi connectivity index (χ3n) is 3.97. The topological polar surface area (TPSA) is 66.4 Å². The molecule has 86 valence electrons. The van der Waals surface area contributed by atoms with E-state index in [1.807, 2.05) is 12.2 Å². The zero-order chi connectivity index (χ0) is 11.3. The lowest BCUT2D eigenvalue weighted by Gasteiger charge is -2.23. The van der Waals surface area contributed by atoms with E-state index in [-0.39, 0.29) is 23.7 Å². The maximum absolute atomic E-state index is 12.0. The number of carboxylic acids is 1. The van der Waals surface area contributed by atoms with Gasteiger partial charge in [-0.1, -0.05) is 12.2 Å². The zero-order valence-corrected chi connectivity index (χ0v) is 8.93. The van der Waals surface area contributed by atoms with Crippen molar-refractivity contribution < 1.29 is 14.7 Å². The lowest BCUT2D eigenvalue weighted by Crippen LogP contribution is -2.40. The Labute approximate surface area is 93.7 Å². The van der Waals surface area contributed by atoms with Crippen LogP contribution in [0.1, 0.15) is 19.3 Å². The molecule has 3 aliphatic carbocycles. The number of rotatable bonds is 3. The average Bonchev–Trinajstić information content (AvgIpc) is 2.81. The first kappa shape index (κ1) is 9.87. The molecule has 0 unspecified atom stereocenters. The van der Waals surface area contributed by atoms with E-state index >= 15 is 0 Å². The number of amides is 1. The monoisotopic (exact) mass is 221 g/mol. The van der Waals surface area contributed by atoms with Crippen LogP contribution >= 0.6 is 0 Å². The van der Waals surface area contributed by atoms with Crippen molar-refractivity contribution in [3.8, 4) is 0 Å². The van der Waals surface area contributed by atoms with Crippen LogP contribution in [0.2, 0.25) is 0 Å². The smallest absolute Gasteiger partial charge is 0.307 e. The highest BCUT2D eigenvalue weighted by Gasteiger charge is 2.52. The summed E-state index contributed by atoms with van der Waals surface area (Å²) in [5.41, 5.74) is 0. The molecule has 0 saturated heterocycles. The minimum Gasteiger partial charge on any atom is -0.481 e. The van der Waals surface area contributed by atoms with Crippen molar-refractivity contribution in [3.63, 3.8) is 0 Å². The molecule has 4 nitrogen and oxygen atoms in total. The Morgan fingerprint density at radius 2 is 1.75 bits per heavy atom. The minimum absolute atomic E-state index is 0.0493. The Balaban J connectivity index is 1.78. The molecule has 0 aromatic rings. The van der Waals surface area contributed by atoms with Crippen molar-refractivity contribution in [1.29, 1.82) is 0 Å². The van der Waals surface area contributed by atoms with Gasteiger partial charge in [0.15, 0.2) is 0 Å². The molecular weight excluding hydrogens is 206 g/mol. The number of fused-ring (bicyclic) bond motifs is 2. The molecule has 1 amide bonds. The van der Waals surface area contributed by atoms with Crippen LogP contribution in [-0.4, -0.2) is 23.0 Å². The van der Waals surface area contributed by atoms with Gasteiger partial charge in [-0.25, -0.2) is 0 Å². The van der Waals surface area contributed by atoms with E-state index < -0.39 is 11.9 Å². The van der Waals surface area contributed by atoms with Crippen molar-refractivity contribution in [2.24, 2.45) is 23.7 Å². The molecule has 16 heavy (non-hydrogen) atoms. The highest BCUT2D eigenvalue weighted by Crippen LogP contribution is 2.48. The number of carboxylic acid groups (broad SMARTS) is 1. The number of aliphatic carboxylic acids is 1. The first-order valence-electron chi connectivity index (χ1n) is 5.88. The fourth-order valence-corrected chi connectivity index (χ4v) is 3.04. The van der Waals surface area contributed by atoms with Gasteiger partial charge < -0.3 is 10.4 Å². The molecule has 4 heteroatoms. The second-order valence-corrected chi connectivity index (χ2v) is 5.12. The number of nitrogens with one attached hydrogen (secondary N) is 1. The maximum Gasteiger partial charge on any atom is 0.307 e. The van der Waals surface area contributed by atoms with E-state index in [1.165, 1.54) is 0 Å². The van der Waals surface area contributed by atoms with Crippen LogP contribution in [0.3, 0.4) is 0 Å². The van der Waals surface area contributed by atoms with Gasteiger partial charge in [0.1, 0.15) is 0 Å². The van der Waals surface area contributed by atoms with E-state index in [0.717, 1.165) is 19.3 Å². The maximum atomic E-state index is 12.0. The Morgan fingerprint density at radius 1 is 1.12 bits per heavy atom. The highest BCUT2D eigenvalue weighted by molar-refractivity contribution is 5.87. The van der Waals surface area contributed by atoms with E-state index in [1.54, 1.807) is 0 Å². The Kier molecular flexibility index (Phi) is 2.06. The lowest BCUT2D eigenvalue weighted by atomic mass is 9.82. The molecule has 0 heterocycles. The lowest BCUT2D eigenvalue weighted by molar-refractivity contribution is -0.147. The third-order valence-corrected chi connectivity index (χ3v) is 3.97. The standard InChI is InChI=1S/C12H15NO3/c14-11(13-8-3-4-8)9-6-1-2-7(5-6)10(9)12(15)16/h1-2,6-10H,3-5H2,(H,13,14)(H,15,16)/t6-,7-,9-,10+/m0/s1. The largest absolute Gasteiger partial charge is 0.481 e. The summed E-state index contributed by atoms with van der Waals surface area (Å²) in [4.78, 5) is 23.2. The zero-order valence-electron chi connectivity index (χ0n) is 8.93. The van der Waals surface area contributed by atoms with Gasteiger partial charge in [0, 0.05) is 6.04 Å². The summed E-state index contributed by atoms with van der Waals surface area (Å²) in [5, 5.41) is 12.1. The summed E-state index contributed by atoms with van der Waals surface area (Å²) in [6, 6.07) is 0.310. The van der Waals surface area contributed by atoms with Crippen LogP contribution in [0.5, 0.6) is 0 Å². The van der Waals surface area contributed by atoms with Gasteiger partial charge in [-0.3, -0.25) is 9.59 Å². The van der Waals surface area contributed by atoms with E-state index in [2.05, 4.69) is 5.32 Å². The Morgan fingerprint density at radius 3 is 2.31 bits per heavy atom. The minimum atomic E-state index is -0.826. The number of hydrogen-bond acceptors (Lipinski definition) is 2. The van der Waals surface area contributed by atoms with Crippen molar-refractivity contribution in [2.75, 3.05) is 0 Å². The normalized spacial score (nSPS) is 40.0. The third kappa shape index (κ3) is 1.44. The molecule has 2 saturated carbocycles. The van der Waals surface area contributed by atoms with Gasteiger partial charge in [-0.2, -0.15) is 0 Å². The van der Waals surface area contributed by atoms with E-state index in [0.29, 0.717) is 6.04 Å². The predicted molar refractivity (Wildman–Crippen MR) is 56.5 cm³/mol. The van der Waals surface area contributed by atoms with Crippen molar-refractivity contribution >= 4 is 11.9 Å². The Bertz CT molecular complexity index is 372. The summed E-state index contributed by atoms with van der Waals surface area (Å²) in [5.74, 6) is -1.51. The number of hydrogen-bond donors (Lipinski definition) is 2. The number of carbonyl (C=O) groups is 2. The van der Waals surface area contributed by atoms with Gasteiger partial charge in [0.2, 0.25) is 5.91 Å². The van der Waals surface area contributed by atoms with Crippen LogP contribution < -0.4 is 5.32 Å². The second-order valence-electron chi connectivity index (χ2n) is 5.12. The fraction of sp³-hybridized carbons (Fsp3) is 0.667. The van der Waals surface area contributed by atoms with Crippen molar-refractivity contribution in [1.82, 2.24) is 5.32 Å². The second kappa shape index (κ2) is 3.34. The van der Waals surface area contributed by atoms with E-state index in [9.17, 15) is 14.7 Å². The SMILES string of the molecule is O=C(NC1CC1)[C@@H]1[C@H](C(=O)O)[C@H]2C=C[C@H]1C2. The summed E-state index contributed by atoms with van der Waals surface area (Å²) in [7, 11) is 0. The average molecular weight is 221 g/mol. The fourth-order valence-electron chi connectivity index (χ4n) is 3.04. The number of allylic oxidation sites excluding steroid dienone is 2. The van der Waals surface area contributed by atoms with Crippen LogP contribution in [0, 0.1) is 23.7 Å². The first-order valence-corrected chi connectivity index (χ1v) is 5.88. The van der Waals surface area contributed by atoms with Gasteiger partial charge in [0.05, 0.1) is 11.8 Å². The molecule has 0 aromatic carbocycles. The molecule has 0 spiro atoms. The van der Waals surface area contributed by atoms with Gasteiger partial charge in [-0.15, -0.1) is 0 Å².